The van der Waals surface area contributed by atoms with Crippen LogP contribution in [0.25, 0.3) is 11.5 Å². The van der Waals surface area contributed by atoms with Crippen LogP contribution < -0.4 is 0 Å². The third kappa shape index (κ3) is 2.15. The van der Waals surface area contributed by atoms with Crippen LogP contribution in [0.1, 0.15) is 23.3 Å². The van der Waals surface area contributed by atoms with Crippen molar-refractivity contribution in [2.24, 2.45) is 0 Å². The van der Waals surface area contributed by atoms with Crippen molar-refractivity contribution in [3.63, 3.8) is 0 Å². The Kier molecular flexibility index (Phi) is 3.08. The van der Waals surface area contributed by atoms with E-state index in [2.05, 4.69) is 5.16 Å². The number of aliphatic hydroxyl groups is 1. The number of carbonyl (C=O) groups is 1. The summed E-state index contributed by atoms with van der Waals surface area (Å²) in [5.74, 6) is 0.748. The van der Waals surface area contributed by atoms with E-state index in [-0.39, 0.29) is 24.2 Å². The number of amides is 1. The molecule has 1 saturated heterocycles. The molecule has 1 atom stereocenters. The molecule has 1 aliphatic rings. The summed E-state index contributed by atoms with van der Waals surface area (Å²) in [6.45, 7) is 0.627. The second kappa shape index (κ2) is 4.89. The van der Waals surface area contributed by atoms with Crippen LogP contribution in [0, 0.1) is 0 Å². The Balaban J connectivity index is 1.81. The molecule has 3 heterocycles. The summed E-state index contributed by atoms with van der Waals surface area (Å²) in [6, 6.07) is 4.92. The van der Waals surface area contributed by atoms with E-state index in [4.69, 9.17) is 8.94 Å². The number of likely N-dealkylation sites (tertiary alicyclic amines) is 1. The summed E-state index contributed by atoms with van der Waals surface area (Å²) < 4.78 is 10.3. The van der Waals surface area contributed by atoms with Gasteiger partial charge < -0.3 is 18.9 Å². The van der Waals surface area contributed by atoms with Crippen molar-refractivity contribution in [2.75, 3.05) is 13.2 Å². The number of hydrogen-bond donors (Lipinski definition) is 1. The van der Waals surface area contributed by atoms with Crippen molar-refractivity contribution in [2.45, 2.75) is 18.9 Å². The molecule has 0 unspecified atom stereocenters. The Hall–Kier alpha value is -2.08. The molecule has 0 saturated carbocycles. The normalized spacial score (nSPS) is 19.0. The first kappa shape index (κ1) is 12.0. The molecule has 100 valence electrons. The number of furan rings is 1. The van der Waals surface area contributed by atoms with Crippen LogP contribution in [0.2, 0.25) is 0 Å². The van der Waals surface area contributed by atoms with E-state index in [9.17, 15) is 9.90 Å². The molecule has 0 aromatic carbocycles. The number of hydrogen-bond acceptors (Lipinski definition) is 5. The lowest BCUT2D eigenvalue weighted by Crippen LogP contribution is -2.37. The quantitative estimate of drug-likeness (QED) is 0.907. The molecule has 1 N–H and O–H groups in total. The van der Waals surface area contributed by atoms with Crippen molar-refractivity contribution in [3.8, 4) is 11.5 Å². The summed E-state index contributed by atoms with van der Waals surface area (Å²) in [5, 5.41) is 13.0. The van der Waals surface area contributed by atoms with E-state index in [1.54, 1.807) is 23.1 Å². The molecule has 6 nitrogen and oxygen atoms in total. The minimum Gasteiger partial charge on any atom is -0.461 e. The minimum atomic E-state index is -0.210. The van der Waals surface area contributed by atoms with Crippen molar-refractivity contribution in [3.05, 3.63) is 30.2 Å². The molecule has 0 bridgehead atoms. The summed E-state index contributed by atoms with van der Waals surface area (Å²) >= 11 is 0. The van der Waals surface area contributed by atoms with E-state index < -0.39 is 0 Å². The summed E-state index contributed by atoms with van der Waals surface area (Å²) in [4.78, 5) is 13.9. The standard InChI is InChI=1S/C13H14N2O4/c16-8-9-3-1-5-15(9)13(17)10-7-12(19-14-10)11-4-2-6-18-11/h2,4,6-7,9,16H,1,3,5,8H2/t9-/m1/s1. The van der Waals surface area contributed by atoms with E-state index in [0.717, 1.165) is 12.8 Å². The second-order valence-corrected chi connectivity index (χ2v) is 4.53. The minimum absolute atomic E-state index is 0.0192. The van der Waals surface area contributed by atoms with Crippen LogP contribution in [0.4, 0.5) is 0 Å². The van der Waals surface area contributed by atoms with Gasteiger partial charge in [-0.15, -0.1) is 0 Å². The maximum Gasteiger partial charge on any atom is 0.276 e. The predicted octanol–water partition coefficient (Wildman–Crippen LogP) is 1.53. The number of nitrogens with zero attached hydrogens (tertiary/aromatic N) is 2. The molecular formula is C13H14N2O4. The van der Waals surface area contributed by atoms with Crippen molar-refractivity contribution in [1.82, 2.24) is 10.1 Å². The third-order valence-corrected chi connectivity index (χ3v) is 3.34. The molecule has 1 amide bonds. The van der Waals surface area contributed by atoms with Gasteiger partial charge in [-0.3, -0.25) is 4.79 Å². The number of carbonyl (C=O) groups excluding carboxylic acids is 1. The molecule has 3 rings (SSSR count). The Bertz CT molecular complexity index is 561. The fourth-order valence-electron chi connectivity index (χ4n) is 2.35. The average Bonchev–Trinajstić information content (AvgIpc) is 3.16. The van der Waals surface area contributed by atoms with E-state index in [1.807, 2.05) is 0 Å². The lowest BCUT2D eigenvalue weighted by molar-refractivity contribution is 0.0667. The van der Waals surface area contributed by atoms with Gasteiger partial charge in [-0.2, -0.15) is 0 Å². The molecule has 0 radical (unpaired) electrons. The largest absolute Gasteiger partial charge is 0.461 e. The van der Waals surface area contributed by atoms with E-state index in [1.165, 1.54) is 6.26 Å². The SMILES string of the molecule is O=C(c1cc(-c2ccco2)on1)N1CCC[C@@H]1CO. The van der Waals surface area contributed by atoms with E-state index in [0.29, 0.717) is 18.1 Å². The molecule has 0 aliphatic carbocycles. The summed E-state index contributed by atoms with van der Waals surface area (Å²) in [6.07, 6.45) is 3.26. The Morgan fingerprint density at radius 3 is 3.16 bits per heavy atom. The highest BCUT2D eigenvalue weighted by Gasteiger charge is 2.30. The number of rotatable bonds is 3. The van der Waals surface area contributed by atoms with Crippen LogP contribution in [0.5, 0.6) is 0 Å². The van der Waals surface area contributed by atoms with Crippen LogP contribution >= 0.6 is 0 Å². The second-order valence-electron chi connectivity index (χ2n) is 4.53. The van der Waals surface area contributed by atoms with Gasteiger partial charge in [0.2, 0.25) is 5.76 Å². The first-order chi connectivity index (χ1) is 9.29. The van der Waals surface area contributed by atoms with Gasteiger partial charge in [-0.1, -0.05) is 5.16 Å². The van der Waals surface area contributed by atoms with Crippen molar-refractivity contribution in [1.29, 1.82) is 0 Å². The average molecular weight is 262 g/mol. The Morgan fingerprint density at radius 1 is 1.53 bits per heavy atom. The molecule has 0 spiro atoms. The van der Waals surface area contributed by atoms with Crippen LogP contribution in [0.15, 0.2) is 33.4 Å². The molecule has 2 aromatic rings. The monoisotopic (exact) mass is 262 g/mol. The molecule has 1 aliphatic heterocycles. The highest BCUT2D eigenvalue weighted by molar-refractivity contribution is 5.93. The zero-order valence-corrected chi connectivity index (χ0v) is 10.3. The summed E-state index contributed by atoms with van der Waals surface area (Å²) in [5.41, 5.74) is 0.242. The van der Waals surface area contributed by atoms with Gasteiger partial charge in [0.1, 0.15) is 0 Å². The van der Waals surface area contributed by atoms with Gasteiger partial charge in [0, 0.05) is 12.6 Å². The fourth-order valence-corrected chi connectivity index (χ4v) is 2.35. The molecule has 6 heteroatoms. The molecule has 2 aromatic heterocycles. The Morgan fingerprint density at radius 2 is 2.42 bits per heavy atom. The van der Waals surface area contributed by atoms with Crippen molar-refractivity contribution >= 4 is 5.91 Å². The van der Waals surface area contributed by atoms with Gasteiger partial charge in [0.25, 0.3) is 5.91 Å². The first-order valence-corrected chi connectivity index (χ1v) is 6.22. The van der Waals surface area contributed by atoms with Gasteiger partial charge in [-0.25, -0.2) is 0 Å². The highest BCUT2D eigenvalue weighted by atomic mass is 16.5. The van der Waals surface area contributed by atoms with Gasteiger partial charge in [0.05, 0.1) is 18.9 Å². The smallest absolute Gasteiger partial charge is 0.276 e. The first-order valence-electron chi connectivity index (χ1n) is 6.22. The number of aromatic nitrogens is 1. The third-order valence-electron chi connectivity index (χ3n) is 3.34. The van der Waals surface area contributed by atoms with Gasteiger partial charge in [0.15, 0.2) is 11.5 Å². The van der Waals surface area contributed by atoms with Gasteiger partial charge in [-0.05, 0) is 25.0 Å². The molecule has 19 heavy (non-hydrogen) atoms. The fraction of sp³-hybridized carbons (Fsp3) is 0.385. The van der Waals surface area contributed by atoms with Crippen LogP contribution in [-0.4, -0.2) is 40.3 Å². The number of aliphatic hydroxyl groups excluding tert-OH is 1. The van der Waals surface area contributed by atoms with Gasteiger partial charge >= 0.3 is 0 Å². The topological polar surface area (TPSA) is 79.7 Å². The predicted molar refractivity (Wildman–Crippen MR) is 65.3 cm³/mol. The zero-order chi connectivity index (χ0) is 13.2. The zero-order valence-electron chi connectivity index (χ0n) is 10.3. The highest BCUT2D eigenvalue weighted by Crippen LogP contribution is 2.23. The van der Waals surface area contributed by atoms with Crippen molar-refractivity contribution < 1.29 is 18.8 Å². The van der Waals surface area contributed by atoms with E-state index >= 15 is 0 Å². The van der Waals surface area contributed by atoms with Crippen LogP contribution in [0.3, 0.4) is 0 Å². The molecular weight excluding hydrogens is 248 g/mol. The van der Waals surface area contributed by atoms with Crippen LogP contribution in [-0.2, 0) is 0 Å². The lowest BCUT2D eigenvalue weighted by atomic mass is 10.2. The lowest BCUT2D eigenvalue weighted by Gasteiger charge is -2.21. The molecule has 1 fully saturated rings. The summed E-state index contributed by atoms with van der Waals surface area (Å²) in [7, 11) is 0. The maximum atomic E-state index is 12.3. The Labute approximate surface area is 109 Å². The maximum absolute atomic E-state index is 12.3.